The van der Waals surface area contributed by atoms with E-state index in [1.165, 1.54) is 25.5 Å². The largest absolute Gasteiger partial charge is 0.309 e. The van der Waals surface area contributed by atoms with Crippen LogP contribution in [0.25, 0.3) is 0 Å². The zero-order valence-corrected chi connectivity index (χ0v) is 13.9. The number of thiophene rings is 2. The first-order valence-electron chi connectivity index (χ1n) is 6.22. The Morgan fingerprint density at radius 2 is 2.28 bits per heavy atom. The smallest absolute Gasteiger partial charge is 0.0731 e. The third-order valence-electron chi connectivity index (χ3n) is 2.85. The van der Waals surface area contributed by atoms with Gasteiger partial charge in [0.25, 0.3) is 0 Å². The van der Waals surface area contributed by atoms with Crippen molar-refractivity contribution < 1.29 is 0 Å². The fourth-order valence-corrected chi connectivity index (χ4v) is 4.28. The van der Waals surface area contributed by atoms with Gasteiger partial charge in [-0.3, -0.25) is 0 Å². The lowest BCUT2D eigenvalue weighted by Gasteiger charge is -2.16. The molecule has 2 heterocycles. The van der Waals surface area contributed by atoms with E-state index in [0.29, 0.717) is 6.04 Å². The average molecular weight is 344 g/mol. The van der Waals surface area contributed by atoms with E-state index in [1.807, 2.05) is 22.7 Å². The van der Waals surface area contributed by atoms with E-state index in [9.17, 15) is 0 Å². The molecule has 1 nitrogen and oxygen atoms in total. The number of halogens is 1. The topological polar surface area (TPSA) is 12.0 Å². The molecule has 0 bridgehead atoms. The van der Waals surface area contributed by atoms with Gasteiger partial charge in [0.15, 0.2) is 0 Å². The molecule has 0 radical (unpaired) electrons. The predicted molar refractivity (Wildman–Crippen MR) is 85.8 cm³/mol. The molecule has 2 aromatic heterocycles. The summed E-state index contributed by atoms with van der Waals surface area (Å²) in [6.07, 6.45) is 2.26. The van der Waals surface area contributed by atoms with Gasteiger partial charge in [-0.2, -0.15) is 0 Å². The maximum Gasteiger partial charge on any atom is 0.0731 e. The number of hydrogen-bond acceptors (Lipinski definition) is 3. The van der Waals surface area contributed by atoms with Crippen LogP contribution in [0.3, 0.4) is 0 Å². The summed E-state index contributed by atoms with van der Waals surface area (Å²) in [5.74, 6) is 0. The van der Waals surface area contributed by atoms with E-state index < -0.39 is 0 Å². The summed E-state index contributed by atoms with van der Waals surface area (Å²) in [5.41, 5.74) is 1.34. The molecule has 1 atom stereocenters. The van der Waals surface area contributed by atoms with Crippen LogP contribution in [0.1, 0.15) is 34.7 Å². The van der Waals surface area contributed by atoms with E-state index in [2.05, 4.69) is 58.7 Å². The maximum absolute atomic E-state index is 3.66. The van der Waals surface area contributed by atoms with Crippen LogP contribution in [-0.4, -0.2) is 6.54 Å². The van der Waals surface area contributed by atoms with Gasteiger partial charge < -0.3 is 5.32 Å². The van der Waals surface area contributed by atoms with Crippen molar-refractivity contribution in [1.82, 2.24) is 5.32 Å². The highest BCUT2D eigenvalue weighted by Gasteiger charge is 2.15. The Balaban J connectivity index is 2.13. The summed E-state index contributed by atoms with van der Waals surface area (Å²) in [5, 5.41) is 5.82. The fraction of sp³-hybridized carbons (Fsp3) is 0.429. The predicted octanol–water partition coefficient (Wildman–Crippen LogP) is 5.16. The van der Waals surface area contributed by atoms with Crippen molar-refractivity contribution in [1.29, 1.82) is 0 Å². The maximum atomic E-state index is 3.66. The molecule has 0 aliphatic heterocycles. The van der Waals surface area contributed by atoms with Crippen molar-refractivity contribution in [3.05, 3.63) is 42.7 Å². The standard InChI is InChI=1S/C14H18BrNS2/c1-3-6-16-12(9-11-5-4-7-17-11)13-8-10(2)14(15)18-13/h4-5,7-8,12,16H,3,6,9H2,1-2H3. The molecule has 18 heavy (non-hydrogen) atoms. The van der Waals surface area contributed by atoms with Gasteiger partial charge in [-0.25, -0.2) is 0 Å². The van der Waals surface area contributed by atoms with Crippen molar-refractivity contribution in [2.45, 2.75) is 32.7 Å². The summed E-state index contributed by atoms with van der Waals surface area (Å²) in [4.78, 5) is 2.88. The van der Waals surface area contributed by atoms with Crippen molar-refractivity contribution in [3.8, 4) is 0 Å². The van der Waals surface area contributed by atoms with Gasteiger partial charge >= 0.3 is 0 Å². The molecule has 0 saturated heterocycles. The SMILES string of the molecule is CCCNC(Cc1cccs1)c1cc(C)c(Br)s1. The molecule has 0 aliphatic carbocycles. The Hall–Kier alpha value is -0.160. The molecule has 0 spiro atoms. The highest BCUT2D eigenvalue weighted by molar-refractivity contribution is 9.11. The van der Waals surface area contributed by atoms with E-state index in [-0.39, 0.29) is 0 Å². The van der Waals surface area contributed by atoms with Gasteiger partial charge in [-0.05, 0) is 58.9 Å². The first kappa shape index (κ1) is 14.3. The minimum atomic E-state index is 0.443. The average Bonchev–Trinajstić information content (AvgIpc) is 2.96. The first-order valence-corrected chi connectivity index (χ1v) is 8.71. The number of aryl methyl sites for hydroxylation is 1. The van der Waals surface area contributed by atoms with Crippen LogP contribution < -0.4 is 5.32 Å². The molecule has 1 N–H and O–H groups in total. The molecule has 98 valence electrons. The molecule has 0 fully saturated rings. The van der Waals surface area contributed by atoms with Crippen LogP contribution in [0.5, 0.6) is 0 Å². The zero-order chi connectivity index (χ0) is 13.0. The highest BCUT2D eigenvalue weighted by atomic mass is 79.9. The summed E-state index contributed by atoms with van der Waals surface area (Å²) in [6.45, 7) is 5.45. The van der Waals surface area contributed by atoms with E-state index in [4.69, 9.17) is 0 Å². The minimum absolute atomic E-state index is 0.443. The Kier molecular flexibility index (Phi) is 5.42. The third kappa shape index (κ3) is 3.67. The van der Waals surface area contributed by atoms with Crippen LogP contribution in [0, 0.1) is 6.92 Å². The van der Waals surface area contributed by atoms with Crippen LogP contribution >= 0.6 is 38.6 Å². The second-order valence-electron chi connectivity index (χ2n) is 4.40. The molecule has 2 aromatic rings. The van der Waals surface area contributed by atoms with Crippen LogP contribution in [0.4, 0.5) is 0 Å². The zero-order valence-electron chi connectivity index (χ0n) is 10.7. The second-order valence-corrected chi connectivity index (χ2v) is 7.83. The van der Waals surface area contributed by atoms with E-state index in [0.717, 1.165) is 13.0 Å². The molecular formula is C14H18BrNS2. The normalized spacial score (nSPS) is 12.8. The Morgan fingerprint density at radius 1 is 1.44 bits per heavy atom. The number of nitrogens with one attached hydrogen (secondary N) is 1. The van der Waals surface area contributed by atoms with Gasteiger partial charge in [0.05, 0.1) is 3.79 Å². The van der Waals surface area contributed by atoms with E-state index in [1.54, 1.807) is 0 Å². The van der Waals surface area contributed by atoms with Crippen LogP contribution in [0.15, 0.2) is 27.4 Å². The summed E-state index contributed by atoms with van der Waals surface area (Å²) in [7, 11) is 0. The van der Waals surface area contributed by atoms with Gasteiger partial charge in [-0.1, -0.05) is 13.0 Å². The lowest BCUT2D eigenvalue weighted by Crippen LogP contribution is -2.23. The minimum Gasteiger partial charge on any atom is -0.309 e. The molecule has 1 unspecified atom stereocenters. The van der Waals surface area contributed by atoms with Gasteiger partial charge in [0, 0.05) is 22.2 Å². The van der Waals surface area contributed by atoms with Crippen molar-refractivity contribution >= 4 is 38.6 Å². The van der Waals surface area contributed by atoms with Crippen LogP contribution in [-0.2, 0) is 6.42 Å². The quantitative estimate of drug-likeness (QED) is 0.763. The van der Waals surface area contributed by atoms with Gasteiger partial charge in [0.2, 0.25) is 0 Å². The Morgan fingerprint density at radius 3 is 2.83 bits per heavy atom. The number of rotatable bonds is 6. The lowest BCUT2D eigenvalue weighted by molar-refractivity contribution is 0.539. The van der Waals surface area contributed by atoms with Crippen molar-refractivity contribution in [3.63, 3.8) is 0 Å². The molecule has 0 saturated carbocycles. The highest BCUT2D eigenvalue weighted by Crippen LogP contribution is 2.33. The Bertz CT molecular complexity index is 456. The van der Waals surface area contributed by atoms with Gasteiger partial charge in [0.1, 0.15) is 0 Å². The molecular weight excluding hydrogens is 326 g/mol. The van der Waals surface area contributed by atoms with E-state index >= 15 is 0 Å². The lowest BCUT2D eigenvalue weighted by atomic mass is 10.1. The van der Waals surface area contributed by atoms with Crippen molar-refractivity contribution in [2.75, 3.05) is 6.54 Å². The van der Waals surface area contributed by atoms with Crippen molar-refractivity contribution in [2.24, 2.45) is 0 Å². The monoisotopic (exact) mass is 343 g/mol. The molecule has 0 aliphatic rings. The second kappa shape index (κ2) is 6.85. The fourth-order valence-electron chi connectivity index (χ4n) is 1.88. The third-order valence-corrected chi connectivity index (χ3v) is 5.99. The molecule has 0 amide bonds. The van der Waals surface area contributed by atoms with Gasteiger partial charge in [-0.15, -0.1) is 22.7 Å². The first-order chi connectivity index (χ1) is 8.70. The summed E-state index contributed by atoms with van der Waals surface area (Å²) >= 11 is 7.32. The Labute approximate surface area is 125 Å². The molecule has 4 heteroatoms. The van der Waals surface area contributed by atoms with Crippen LogP contribution in [0.2, 0.25) is 0 Å². The summed E-state index contributed by atoms with van der Waals surface area (Å²) < 4.78 is 1.26. The molecule has 2 rings (SSSR count). The summed E-state index contributed by atoms with van der Waals surface area (Å²) in [6, 6.07) is 7.10. The molecule has 0 aromatic carbocycles. The number of hydrogen-bond donors (Lipinski definition) is 1.